The third kappa shape index (κ3) is 2.25. The molecular formula is C13H14FN3O. The fourth-order valence-electron chi connectivity index (χ4n) is 1.77. The van der Waals surface area contributed by atoms with Crippen molar-refractivity contribution in [1.29, 1.82) is 0 Å². The van der Waals surface area contributed by atoms with Gasteiger partial charge in [-0.3, -0.25) is 9.48 Å². The van der Waals surface area contributed by atoms with Crippen LogP contribution >= 0.6 is 0 Å². The second kappa shape index (κ2) is 4.60. The maximum atomic E-state index is 13.0. The van der Waals surface area contributed by atoms with Gasteiger partial charge in [-0.15, -0.1) is 0 Å². The van der Waals surface area contributed by atoms with Gasteiger partial charge in [-0.1, -0.05) is 6.07 Å². The van der Waals surface area contributed by atoms with E-state index in [1.807, 2.05) is 13.8 Å². The summed E-state index contributed by atoms with van der Waals surface area (Å²) < 4.78 is 14.7. The van der Waals surface area contributed by atoms with Gasteiger partial charge in [-0.2, -0.15) is 5.10 Å². The normalized spacial score (nSPS) is 10.4. The summed E-state index contributed by atoms with van der Waals surface area (Å²) in [6, 6.07) is 5.58. The molecule has 4 nitrogen and oxygen atoms in total. The Morgan fingerprint density at radius 2 is 2.11 bits per heavy atom. The van der Waals surface area contributed by atoms with Gasteiger partial charge in [0.15, 0.2) is 0 Å². The molecular weight excluding hydrogens is 233 g/mol. The topological polar surface area (TPSA) is 46.9 Å². The first-order chi connectivity index (χ1) is 8.49. The molecule has 0 aliphatic rings. The Morgan fingerprint density at radius 1 is 1.39 bits per heavy atom. The Morgan fingerprint density at radius 3 is 2.67 bits per heavy atom. The van der Waals surface area contributed by atoms with Crippen LogP contribution in [0.1, 0.15) is 21.7 Å². The van der Waals surface area contributed by atoms with Crippen LogP contribution in [0.15, 0.2) is 24.3 Å². The first-order valence-corrected chi connectivity index (χ1v) is 5.56. The molecule has 0 saturated heterocycles. The molecule has 0 saturated carbocycles. The smallest absolute Gasteiger partial charge is 0.255 e. The lowest BCUT2D eigenvalue weighted by Gasteiger charge is -2.05. The Bertz CT molecular complexity index is 604. The highest BCUT2D eigenvalue weighted by atomic mass is 19.1. The largest absolute Gasteiger partial charge is 0.319 e. The van der Waals surface area contributed by atoms with Gasteiger partial charge in [-0.25, -0.2) is 4.39 Å². The zero-order valence-corrected chi connectivity index (χ0v) is 10.5. The van der Waals surface area contributed by atoms with Crippen LogP contribution in [-0.4, -0.2) is 15.7 Å². The van der Waals surface area contributed by atoms with Gasteiger partial charge < -0.3 is 5.32 Å². The number of halogens is 1. The first kappa shape index (κ1) is 12.3. The summed E-state index contributed by atoms with van der Waals surface area (Å²) in [6.45, 7) is 3.68. The molecule has 0 aliphatic carbocycles. The number of anilines is 1. The molecule has 1 N–H and O–H groups in total. The van der Waals surface area contributed by atoms with E-state index in [2.05, 4.69) is 10.4 Å². The Kier molecular flexibility index (Phi) is 3.14. The number of nitrogens with zero attached hydrogens (tertiary/aromatic N) is 2. The van der Waals surface area contributed by atoms with E-state index in [-0.39, 0.29) is 11.5 Å². The van der Waals surface area contributed by atoms with Crippen molar-refractivity contribution in [3.63, 3.8) is 0 Å². The second-order valence-corrected chi connectivity index (χ2v) is 4.13. The van der Waals surface area contributed by atoms with E-state index in [0.29, 0.717) is 5.69 Å². The van der Waals surface area contributed by atoms with Crippen molar-refractivity contribution in [2.24, 2.45) is 7.05 Å². The molecule has 0 atom stereocenters. The van der Waals surface area contributed by atoms with Crippen LogP contribution in [0.3, 0.4) is 0 Å². The van der Waals surface area contributed by atoms with E-state index >= 15 is 0 Å². The molecule has 1 aromatic heterocycles. The van der Waals surface area contributed by atoms with E-state index < -0.39 is 5.82 Å². The Hall–Kier alpha value is -2.17. The molecule has 0 fully saturated rings. The number of aryl methyl sites for hydroxylation is 2. The van der Waals surface area contributed by atoms with Crippen molar-refractivity contribution < 1.29 is 9.18 Å². The number of aromatic nitrogens is 2. The lowest BCUT2D eigenvalue weighted by atomic mass is 10.2. The van der Waals surface area contributed by atoms with Gasteiger partial charge in [0, 0.05) is 12.6 Å². The third-order valence-electron chi connectivity index (χ3n) is 2.83. The number of carbonyl (C=O) groups is 1. The molecule has 0 aliphatic heterocycles. The number of carbonyl (C=O) groups excluding carboxylic acids is 1. The number of hydrogen-bond acceptors (Lipinski definition) is 2. The SMILES string of the molecule is Cc1nn(C)c(C)c1NC(=O)c1cccc(F)c1. The van der Waals surface area contributed by atoms with Crippen molar-refractivity contribution in [1.82, 2.24) is 9.78 Å². The lowest BCUT2D eigenvalue weighted by Crippen LogP contribution is -2.13. The molecule has 0 radical (unpaired) electrons. The van der Waals surface area contributed by atoms with E-state index in [4.69, 9.17) is 0 Å². The predicted molar refractivity (Wildman–Crippen MR) is 67.0 cm³/mol. The summed E-state index contributed by atoms with van der Waals surface area (Å²) in [5, 5.41) is 6.96. The van der Waals surface area contributed by atoms with Crippen molar-refractivity contribution >= 4 is 11.6 Å². The van der Waals surface area contributed by atoms with Crippen molar-refractivity contribution in [3.8, 4) is 0 Å². The highest BCUT2D eigenvalue weighted by Crippen LogP contribution is 2.19. The summed E-state index contributed by atoms with van der Waals surface area (Å²) in [7, 11) is 1.81. The summed E-state index contributed by atoms with van der Waals surface area (Å²) in [6.07, 6.45) is 0. The zero-order chi connectivity index (χ0) is 13.3. The molecule has 0 spiro atoms. The molecule has 5 heteroatoms. The predicted octanol–water partition coefficient (Wildman–Crippen LogP) is 2.43. The minimum absolute atomic E-state index is 0.289. The monoisotopic (exact) mass is 247 g/mol. The number of benzene rings is 1. The minimum Gasteiger partial charge on any atom is -0.319 e. The molecule has 94 valence electrons. The number of amides is 1. The molecule has 0 bridgehead atoms. The van der Waals surface area contributed by atoms with Crippen LogP contribution in [0, 0.1) is 19.7 Å². The van der Waals surface area contributed by atoms with Crippen LogP contribution in [0.4, 0.5) is 10.1 Å². The molecule has 2 rings (SSSR count). The highest BCUT2D eigenvalue weighted by molar-refractivity contribution is 6.04. The summed E-state index contributed by atoms with van der Waals surface area (Å²) in [5.41, 5.74) is 2.56. The molecule has 18 heavy (non-hydrogen) atoms. The van der Waals surface area contributed by atoms with Gasteiger partial charge in [0.1, 0.15) is 5.82 Å². The third-order valence-corrected chi connectivity index (χ3v) is 2.83. The standard InChI is InChI=1S/C13H14FN3O/c1-8-12(9(2)17(3)16-8)15-13(18)10-5-4-6-11(14)7-10/h4-7H,1-3H3,(H,15,18). The van der Waals surface area contributed by atoms with Gasteiger partial charge in [-0.05, 0) is 32.0 Å². The average Bonchev–Trinajstić information content (AvgIpc) is 2.56. The Labute approximate surface area is 104 Å². The van der Waals surface area contributed by atoms with Crippen LogP contribution < -0.4 is 5.32 Å². The van der Waals surface area contributed by atoms with Gasteiger partial charge in [0.2, 0.25) is 0 Å². The number of hydrogen-bond donors (Lipinski definition) is 1. The van der Waals surface area contributed by atoms with Crippen LogP contribution in [0.2, 0.25) is 0 Å². The van der Waals surface area contributed by atoms with Gasteiger partial charge in [0.05, 0.1) is 17.1 Å². The van der Waals surface area contributed by atoms with Crippen LogP contribution in [0.5, 0.6) is 0 Å². The molecule has 1 aromatic carbocycles. The maximum Gasteiger partial charge on any atom is 0.255 e. The van der Waals surface area contributed by atoms with Gasteiger partial charge >= 0.3 is 0 Å². The van der Waals surface area contributed by atoms with E-state index in [1.165, 1.54) is 18.2 Å². The summed E-state index contributed by atoms with van der Waals surface area (Å²) in [4.78, 5) is 12.0. The molecule has 1 amide bonds. The van der Waals surface area contributed by atoms with Crippen molar-refractivity contribution in [2.75, 3.05) is 5.32 Å². The second-order valence-electron chi connectivity index (χ2n) is 4.13. The van der Waals surface area contributed by atoms with E-state index in [1.54, 1.807) is 17.8 Å². The number of nitrogens with one attached hydrogen (secondary N) is 1. The van der Waals surface area contributed by atoms with E-state index in [9.17, 15) is 9.18 Å². The first-order valence-electron chi connectivity index (χ1n) is 5.56. The van der Waals surface area contributed by atoms with Crippen molar-refractivity contribution in [2.45, 2.75) is 13.8 Å². The zero-order valence-electron chi connectivity index (χ0n) is 10.5. The minimum atomic E-state index is -0.428. The average molecular weight is 247 g/mol. The summed E-state index contributed by atoms with van der Waals surface area (Å²) in [5.74, 6) is -0.768. The summed E-state index contributed by atoms with van der Waals surface area (Å²) >= 11 is 0. The van der Waals surface area contributed by atoms with Crippen LogP contribution in [-0.2, 0) is 7.05 Å². The Balaban J connectivity index is 2.27. The lowest BCUT2D eigenvalue weighted by molar-refractivity contribution is 0.102. The quantitative estimate of drug-likeness (QED) is 0.886. The van der Waals surface area contributed by atoms with E-state index in [0.717, 1.165) is 11.4 Å². The highest BCUT2D eigenvalue weighted by Gasteiger charge is 2.13. The fraction of sp³-hybridized carbons (Fsp3) is 0.231. The number of rotatable bonds is 2. The fourth-order valence-corrected chi connectivity index (χ4v) is 1.77. The molecule has 0 unspecified atom stereocenters. The maximum absolute atomic E-state index is 13.0. The molecule has 2 aromatic rings. The van der Waals surface area contributed by atoms with Crippen LogP contribution in [0.25, 0.3) is 0 Å². The van der Waals surface area contributed by atoms with Gasteiger partial charge in [0.25, 0.3) is 5.91 Å². The molecule has 1 heterocycles. The van der Waals surface area contributed by atoms with Crippen molar-refractivity contribution in [3.05, 3.63) is 47.0 Å².